The lowest BCUT2D eigenvalue weighted by Gasteiger charge is -2.02. The molecule has 0 aliphatic carbocycles. The first kappa shape index (κ1) is 9.65. The first-order valence-electron chi connectivity index (χ1n) is 5.12. The molecule has 0 bridgehead atoms. The molecule has 0 saturated heterocycles. The molecular formula is C12H9N5. The van der Waals surface area contributed by atoms with E-state index in [1.54, 1.807) is 18.6 Å². The third-order valence-electron chi connectivity index (χ3n) is 2.44. The number of rotatable bonds is 1. The molecule has 0 amide bonds. The number of nitrogens with two attached hydrogens (primary N) is 1. The number of nitrogens with zero attached hydrogens (tertiary/aromatic N) is 4. The lowest BCUT2D eigenvalue weighted by atomic mass is 10.1. The molecule has 3 rings (SSSR count). The van der Waals surface area contributed by atoms with E-state index in [1.807, 2.05) is 24.3 Å². The Bertz CT molecular complexity index is 680. The lowest BCUT2D eigenvalue weighted by molar-refractivity contribution is 1.19. The third kappa shape index (κ3) is 1.78. The van der Waals surface area contributed by atoms with Crippen LogP contribution in [0.15, 0.2) is 42.9 Å². The fraction of sp³-hybridized carbons (Fsp3) is 0. The van der Waals surface area contributed by atoms with Crippen molar-refractivity contribution in [1.82, 2.24) is 19.9 Å². The van der Waals surface area contributed by atoms with Gasteiger partial charge in [0.25, 0.3) is 0 Å². The molecule has 1 aromatic carbocycles. The van der Waals surface area contributed by atoms with E-state index in [9.17, 15) is 0 Å². The van der Waals surface area contributed by atoms with Gasteiger partial charge in [0.1, 0.15) is 0 Å². The number of fused-ring (bicyclic) bond motifs is 1. The van der Waals surface area contributed by atoms with Crippen LogP contribution in [0.1, 0.15) is 0 Å². The van der Waals surface area contributed by atoms with Crippen LogP contribution in [-0.2, 0) is 0 Å². The largest absolute Gasteiger partial charge is 0.368 e. The summed E-state index contributed by atoms with van der Waals surface area (Å²) in [5, 5.41) is 0. The fourth-order valence-corrected chi connectivity index (χ4v) is 1.66. The van der Waals surface area contributed by atoms with E-state index >= 15 is 0 Å². The van der Waals surface area contributed by atoms with E-state index in [0.717, 1.165) is 22.3 Å². The second-order valence-electron chi connectivity index (χ2n) is 3.56. The number of anilines is 1. The van der Waals surface area contributed by atoms with E-state index in [4.69, 9.17) is 5.73 Å². The molecule has 0 atom stereocenters. The van der Waals surface area contributed by atoms with Crippen LogP contribution in [0, 0.1) is 0 Å². The van der Waals surface area contributed by atoms with E-state index in [0.29, 0.717) is 0 Å². The minimum atomic E-state index is 0.266. The smallest absolute Gasteiger partial charge is 0.220 e. The van der Waals surface area contributed by atoms with Crippen molar-refractivity contribution in [2.45, 2.75) is 0 Å². The van der Waals surface area contributed by atoms with Crippen molar-refractivity contribution in [3.63, 3.8) is 0 Å². The average Bonchev–Trinajstić information content (AvgIpc) is 2.38. The third-order valence-corrected chi connectivity index (χ3v) is 2.44. The Kier molecular flexibility index (Phi) is 2.15. The first-order chi connectivity index (χ1) is 8.33. The highest BCUT2D eigenvalue weighted by molar-refractivity contribution is 5.80. The molecule has 0 unspecified atom stereocenters. The summed E-state index contributed by atoms with van der Waals surface area (Å²) >= 11 is 0. The molecule has 2 aromatic heterocycles. The van der Waals surface area contributed by atoms with Crippen molar-refractivity contribution < 1.29 is 0 Å². The van der Waals surface area contributed by atoms with Crippen molar-refractivity contribution in [2.24, 2.45) is 0 Å². The van der Waals surface area contributed by atoms with Crippen molar-refractivity contribution in [3.8, 4) is 11.3 Å². The Balaban J connectivity index is 2.18. The van der Waals surface area contributed by atoms with Gasteiger partial charge in [-0.25, -0.2) is 9.97 Å². The normalized spacial score (nSPS) is 10.6. The number of hydrogen-bond donors (Lipinski definition) is 1. The highest BCUT2D eigenvalue weighted by Crippen LogP contribution is 2.20. The Hall–Kier alpha value is -2.56. The predicted molar refractivity (Wildman–Crippen MR) is 65.0 cm³/mol. The van der Waals surface area contributed by atoms with Crippen molar-refractivity contribution in [3.05, 3.63) is 42.9 Å². The van der Waals surface area contributed by atoms with Gasteiger partial charge in [-0.2, -0.15) is 0 Å². The van der Waals surface area contributed by atoms with Gasteiger partial charge in [-0.1, -0.05) is 6.07 Å². The summed E-state index contributed by atoms with van der Waals surface area (Å²) in [4.78, 5) is 16.5. The van der Waals surface area contributed by atoms with Crippen LogP contribution in [-0.4, -0.2) is 19.9 Å². The topological polar surface area (TPSA) is 77.6 Å². The molecule has 2 heterocycles. The SMILES string of the molecule is Nc1nccc(-c2ccc3nccnc3c2)n1. The van der Waals surface area contributed by atoms with Gasteiger partial charge in [0, 0.05) is 24.2 Å². The minimum Gasteiger partial charge on any atom is -0.368 e. The maximum Gasteiger partial charge on any atom is 0.220 e. The molecule has 3 aromatic rings. The number of nitrogen functional groups attached to an aromatic ring is 1. The summed E-state index contributed by atoms with van der Waals surface area (Å²) in [7, 11) is 0. The Morgan fingerprint density at radius 1 is 0.824 bits per heavy atom. The monoisotopic (exact) mass is 223 g/mol. The van der Waals surface area contributed by atoms with Gasteiger partial charge in [-0.3, -0.25) is 9.97 Å². The fourth-order valence-electron chi connectivity index (χ4n) is 1.66. The predicted octanol–water partition coefficient (Wildman–Crippen LogP) is 1.67. The van der Waals surface area contributed by atoms with E-state index in [1.165, 1.54) is 0 Å². The molecule has 0 aliphatic rings. The van der Waals surface area contributed by atoms with E-state index < -0.39 is 0 Å². The maximum atomic E-state index is 5.56. The van der Waals surface area contributed by atoms with Gasteiger partial charge in [0.2, 0.25) is 5.95 Å². The summed E-state index contributed by atoms with van der Waals surface area (Å²) in [5.41, 5.74) is 8.99. The van der Waals surface area contributed by atoms with Crippen LogP contribution < -0.4 is 5.73 Å². The number of hydrogen-bond acceptors (Lipinski definition) is 5. The van der Waals surface area contributed by atoms with Gasteiger partial charge in [-0.15, -0.1) is 0 Å². The molecule has 17 heavy (non-hydrogen) atoms. The lowest BCUT2D eigenvalue weighted by Crippen LogP contribution is -1.95. The summed E-state index contributed by atoms with van der Waals surface area (Å²) < 4.78 is 0. The second kappa shape index (κ2) is 3.79. The van der Waals surface area contributed by atoms with E-state index in [-0.39, 0.29) is 5.95 Å². The van der Waals surface area contributed by atoms with Gasteiger partial charge in [0.05, 0.1) is 16.7 Å². The molecule has 5 nitrogen and oxygen atoms in total. The van der Waals surface area contributed by atoms with Crippen LogP contribution >= 0.6 is 0 Å². The molecule has 5 heteroatoms. The number of aromatic nitrogens is 4. The molecule has 82 valence electrons. The molecule has 0 radical (unpaired) electrons. The second-order valence-corrected chi connectivity index (χ2v) is 3.56. The van der Waals surface area contributed by atoms with Crippen molar-refractivity contribution in [2.75, 3.05) is 5.73 Å². The zero-order chi connectivity index (χ0) is 11.7. The summed E-state index contributed by atoms with van der Waals surface area (Å²) in [6.07, 6.45) is 4.98. The zero-order valence-corrected chi connectivity index (χ0v) is 8.91. The van der Waals surface area contributed by atoms with Crippen molar-refractivity contribution >= 4 is 17.0 Å². The minimum absolute atomic E-state index is 0.266. The maximum absolute atomic E-state index is 5.56. The molecule has 0 saturated carbocycles. The Morgan fingerprint density at radius 3 is 2.47 bits per heavy atom. The highest BCUT2D eigenvalue weighted by Gasteiger charge is 2.02. The van der Waals surface area contributed by atoms with E-state index in [2.05, 4.69) is 19.9 Å². The van der Waals surface area contributed by atoms with Crippen LogP contribution in [0.2, 0.25) is 0 Å². The molecule has 0 aliphatic heterocycles. The zero-order valence-electron chi connectivity index (χ0n) is 8.91. The number of benzene rings is 1. The standard InChI is InChI=1S/C12H9N5/c13-12-16-4-3-9(17-12)8-1-2-10-11(7-8)15-6-5-14-10/h1-7H,(H2,13,16,17). The van der Waals surface area contributed by atoms with Gasteiger partial charge in [0.15, 0.2) is 0 Å². The van der Waals surface area contributed by atoms with Crippen molar-refractivity contribution in [1.29, 1.82) is 0 Å². The molecule has 0 spiro atoms. The Labute approximate surface area is 97.4 Å². The van der Waals surface area contributed by atoms with Gasteiger partial charge < -0.3 is 5.73 Å². The van der Waals surface area contributed by atoms with Crippen LogP contribution in [0.3, 0.4) is 0 Å². The highest BCUT2D eigenvalue weighted by atomic mass is 15.0. The average molecular weight is 223 g/mol. The summed E-state index contributed by atoms with van der Waals surface area (Å²) in [6.45, 7) is 0. The molecular weight excluding hydrogens is 214 g/mol. The molecule has 2 N–H and O–H groups in total. The first-order valence-corrected chi connectivity index (χ1v) is 5.12. The van der Waals surface area contributed by atoms with Gasteiger partial charge >= 0.3 is 0 Å². The Morgan fingerprint density at radius 2 is 1.65 bits per heavy atom. The quantitative estimate of drug-likeness (QED) is 0.679. The summed E-state index contributed by atoms with van der Waals surface area (Å²) in [6, 6.07) is 7.60. The van der Waals surface area contributed by atoms with Crippen LogP contribution in [0.5, 0.6) is 0 Å². The summed E-state index contributed by atoms with van der Waals surface area (Å²) in [5.74, 6) is 0.266. The van der Waals surface area contributed by atoms with Gasteiger partial charge in [-0.05, 0) is 18.2 Å². The molecule has 0 fully saturated rings. The van der Waals surface area contributed by atoms with Crippen LogP contribution in [0.25, 0.3) is 22.3 Å². The van der Waals surface area contributed by atoms with Crippen LogP contribution in [0.4, 0.5) is 5.95 Å².